The second kappa shape index (κ2) is 4.94. The third kappa shape index (κ3) is 2.69. The Morgan fingerprint density at radius 2 is 2.21 bits per heavy atom. The highest BCUT2D eigenvalue weighted by atomic mass is 14.4. The molecule has 0 radical (unpaired) electrons. The first-order chi connectivity index (χ1) is 6.65. The number of allylic oxidation sites excluding steroid dienone is 6. The van der Waals surface area contributed by atoms with Crippen molar-refractivity contribution < 1.29 is 0 Å². The van der Waals surface area contributed by atoms with Crippen molar-refractivity contribution in [3.63, 3.8) is 0 Å². The van der Waals surface area contributed by atoms with Crippen LogP contribution in [0.25, 0.3) is 0 Å². The van der Waals surface area contributed by atoms with E-state index < -0.39 is 0 Å². The molecule has 0 heterocycles. The maximum Gasteiger partial charge on any atom is 0.0536 e. The highest BCUT2D eigenvalue weighted by Crippen LogP contribution is 2.26. The van der Waals surface area contributed by atoms with E-state index in [9.17, 15) is 0 Å². The molecule has 1 nitrogen and oxygen atoms in total. The summed E-state index contributed by atoms with van der Waals surface area (Å²) in [4.78, 5) is 0. The lowest BCUT2D eigenvalue weighted by Crippen LogP contribution is -2.12. The van der Waals surface area contributed by atoms with Crippen molar-refractivity contribution in [3.8, 4) is 0 Å². The lowest BCUT2D eigenvalue weighted by Gasteiger charge is -2.22. The zero-order valence-corrected chi connectivity index (χ0v) is 9.25. The van der Waals surface area contributed by atoms with Gasteiger partial charge in [-0.15, -0.1) is 0 Å². The van der Waals surface area contributed by atoms with Gasteiger partial charge in [0.15, 0.2) is 0 Å². The van der Waals surface area contributed by atoms with Crippen molar-refractivity contribution in [1.29, 1.82) is 5.41 Å². The Hall–Kier alpha value is -1.11. The van der Waals surface area contributed by atoms with E-state index in [1.807, 2.05) is 12.2 Å². The van der Waals surface area contributed by atoms with Crippen molar-refractivity contribution in [3.05, 3.63) is 36.0 Å². The molecule has 0 aromatic rings. The molecular weight excluding hydrogens is 170 g/mol. The molecule has 0 aromatic heterocycles. The first-order valence-corrected chi connectivity index (χ1v) is 5.21. The Morgan fingerprint density at radius 3 is 2.86 bits per heavy atom. The topological polar surface area (TPSA) is 23.9 Å². The van der Waals surface area contributed by atoms with Crippen LogP contribution in [0.3, 0.4) is 0 Å². The lowest BCUT2D eigenvalue weighted by atomic mass is 9.83. The van der Waals surface area contributed by atoms with Crippen molar-refractivity contribution in [1.82, 2.24) is 0 Å². The largest absolute Gasteiger partial charge is 0.301 e. The van der Waals surface area contributed by atoms with Gasteiger partial charge in [0.25, 0.3) is 0 Å². The minimum atomic E-state index is 0.491. The first kappa shape index (κ1) is 11.0. The molecule has 1 aliphatic carbocycles. The number of hydrogen-bond donors (Lipinski definition) is 1. The van der Waals surface area contributed by atoms with Gasteiger partial charge < -0.3 is 5.41 Å². The molecule has 1 N–H and O–H groups in total. The molecule has 1 heteroatoms. The summed E-state index contributed by atoms with van der Waals surface area (Å²) in [6.45, 7) is 6.44. The van der Waals surface area contributed by atoms with Crippen molar-refractivity contribution >= 4 is 5.71 Å². The van der Waals surface area contributed by atoms with Crippen LogP contribution >= 0.6 is 0 Å². The second-order valence-electron chi connectivity index (χ2n) is 4.01. The molecule has 0 saturated carbocycles. The van der Waals surface area contributed by atoms with Gasteiger partial charge in [0.05, 0.1) is 5.71 Å². The van der Waals surface area contributed by atoms with Gasteiger partial charge in [0, 0.05) is 5.92 Å². The molecule has 0 amide bonds. The number of rotatable bonds is 1. The van der Waals surface area contributed by atoms with Crippen molar-refractivity contribution in [2.75, 3.05) is 0 Å². The summed E-state index contributed by atoms with van der Waals surface area (Å²) in [5, 5.41) is 7.66. The molecule has 1 rings (SSSR count). The molecule has 2 unspecified atom stereocenters. The molecule has 0 spiro atoms. The van der Waals surface area contributed by atoms with Gasteiger partial charge >= 0.3 is 0 Å². The summed E-state index contributed by atoms with van der Waals surface area (Å²) in [5.74, 6) is 1.12. The Kier molecular flexibility index (Phi) is 3.87. The second-order valence-corrected chi connectivity index (χ2v) is 4.01. The fraction of sp³-hybridized carbons (Fsp3) is 0.462. The van der Waals surface area contributed by atoms with E-state index in [0.717, 1.165) is 6.42 Å². The minimum absolute atomic E-state index is 0.491. The van der Waals surface area contributed by atoms with Gasteiger partial charge in [-0.05, 0) is 38.3 Å². The SMILES string of the molecule is CC=CC1/C(C)=C\C(=N)/C=C\CC1C. The standard InChI is InChI=1S/C13H19N/c1-4-6-13-10(2)7-5-8-12(14)9-11(13)3/h4-6,8-10,13-14H,7H2,1-3H3/b6-4?,8-5-,11-9-,14-12?. The third-order valence-electron chi connectivity index (χ3n) is 2.73. The molecule has 2 atom stereocenters. The van der Waals surface area contributed by atoms with E-state index in [1.165, 1.54) is 5.57 Å². The van der Waals surface area contributed by atoms with Crippen LogP contribution in [0.2, 0.25) is 0 Å². The Bertz CT molecular complexity index is 294. The van der Waals surface area contributed by atoms with E-state index in [0.29, 0.717) is 17.5 Å². The van der Waals surface area contributed by atoms with Crippen LogP contribution in [0.15, 0.2) is 36.0 Å². The third-order valence-corrected chi connectivity index (χ3v) is 2.73. The van der Waals surface area contributed by atoms with Crippen LogP contribution in [0.1, 0.15) is 27.2 Å². The molecule has 0 fully saturated rings. The van der Waals surface area contributed by atoms with Gasteiger partial charge in [-0.2, -0.15) is 0 Å². The van der Waals surface area contributed by atoms with Gasteiger partial charge in [-0.3, -0.25) is 0 Å². The Morgan fingerprint density at radius 1 is 1.50 bits per heavy atom. The molecular formula is C13H19N. The normalized spacial score (nSPS) is 34.8. The van der Waals surface area contributed by atoms with Crippen LogP contribution in [0, 0.1) is 17.2 Å². The maximum absolute atomic E-state index is 7.66. The molecule has 0 aliphatic heterocycles. The van der Waals surface area contributed by atoms with Crippen LogP contribution in [0.5, 0.6) is 0 Å². The van der Waals surface area contributed by atoms with Crippen LogP contribution in [-0.2, 0) is 0 Å². The zero-order valence-electron chi connectivity index (χ0n) is 9.25. The van der Waals surface area contributed by atoms with Crippen LogP contribution < -0.4 is 0 Å². The monoisotopic (exact) mass is 189 g/mol. The highest BCUT2D eigenvalue weighted by Gasteiger charge is 2.16. The predicted molar refractivity (Wildman–Crippen MR) is 62.7 cm³/mol. The number of hydrogen-bond acceptors (Lipinski definition) is 1. The average Bonchev–Trinajstić information content (AvgIpc) is 2.12. The summed E-state index contributed by atoms with van der Waals surface area (Å²) in [7, 11) is 0. The minimum Gasteiger partial charge on any atom is -0.301 e. The van der Waals surface area contributed by atoms with E-state index in [4.69, 9.17) is 5.41 Å². The van der Waals surface area contributed by atoms with Crippen LogP contribution in [-0.4, -0.2) is 5.71 Å². The van der Waals surface area contributed by atoms with Gasteiger partial charge in [0.2, 0.25) is 0 Å². The summed E-state index contributed by atoms with van der Waals surface area (Å²) < 4.78 is 0. The Labute approximate surface area is 86.7 Å². The lowest BCUT2D eigenvalue weighted by molar-refractivity contribution is 0.484. The fourth-order valence-corrected chi connectivity index (χ4v) is 1.94. The van der Waals surface area contributed by atoms with Crippen LogP contribution in [0.4, 0.5) is 0 Å². The van der Waals surface area contributed by atoms with E-state index in [1.54, 1.807) is 0 Å². The van der Waals surface area contributed by atoms with Gasteiger partial charge in [0.1, 0.15) is 0 Å². The van der Waals surface area contributed by atoms with E-state index in [2.05, 4.69) is 39.0 Å². The van der Waals surface area contributed by atoms with Gasteiger partial charge in [-0.1, -0.05) is 30.7 Å². The zero-order chi connectivity index (χ0) is 10.6. The quantitative estimate of drug-likeness (QED) is 0.608. The summed E-state index contributed by atoms with van der Waals surface area (Å²) in [5.41, 5.74) is 1.91. The summed E-state index contributed by atoms with van der Waals surface area (Å²) >= 11 is 0. The van der Waals surface area contributed by atoms with Crippen molar-refractivity contribution in [2.24, 2.45) is 11.8 Å². The molecule has 0 saturated heterocycles. The molecule has 0 bridgehead atoms. The van der Waals surface area contributed by atoms with Gasteiger partial charge in [-0.25, -0.2) is 0 Å². The smallest absolute Gasteiger partial charge is 0.0536 e. The Balaban J connectivity index is 2.95. The highest BCUT2D eigenvalue weighted by molar-refractivity contribution is 6.02. The molecule has 1 aliphatic rings. The summed E-state index contributed by atoms with van der Waals surface area (Å²) in [6.07, 6.45) is 11.4. The first-order valence-electron chi connectivity index (χ1n) is 5.21. The maximum atomic E-state index is 7.66. The molecule has 76 valence electrons. The average molecular weight is 189 g/mol. The summed E-state index contributed by atoms with van der Waals surface area (Å²) in [6, 6.07) is 0. The molecule has 14 heavy (non-hydrogen) atoms. The fourth-order valence-electron chi connectivity index (χ4n) is 1.94. The number of nitrogens with one attached hydrogen (secondary N) is 1. The van der Waals surface area contributed by atoms with E-state index in [-0.39, 0.29) is 0 Å². The van der Waals surface area contributed by atoms with Crippen molar-refractivity contribution in [2.45, 2.75) is 27.2 Å². The predicted octanol–water partition coefficient (Wildman–Crippen LogP) is 3.74. The molecule has 0 aromatic carbocycles. The van der Waals surface area contributed by atoms with E-state index >= 15 is 0 Å².